The van der Waals surface area contributed by atoms with Crippen LogP contribution in [-0.2, 0) is 4.74 Å². The minimum absolute atomic E-state index is 0.169. The van der Waals surface area contributed by atoms with Gasteiger partial charge < -0.3 is 19.8 Å². The largest absolute Gasteiger partial charge is 0.394 e. The maximum atomic E-state index is 8.70. The van der Waals surface area contributed by atoms with Crippen molar-refractivity contribution in [2.24, 2.45) is 4.99 Å². The van der Waals surface area contributed by atoms with Gasteiger partial charge in [-0.1, -0.05) is 0 Å². The fourth-order valence-electron chi connectivity index (χ4n) is 0.868. The van der Waals surface area contributed by atoms with Crippen molar-refractivity contribution < 1.29 is 14.9 Å². The van der Waals surface area contributed by atoms with Crippen LogP contribution in [-0.4, -0.2) is 54.0 Å². The van der Waals surface area contributed by atoms with Gasteiger partial charge in [-0.3, -0.25) is 4.99 Å². The normalized spacial score (nSPS) is 15.8. The summed E-state index contributed by atoms with van der Waals surface area (Å²) in [6, 6.07) is 0. The van der Waals surface area contributed by atoms with Gasteiger partial charge >= 0.3 is 0 Å². The van der Waals surface area contributed by atoms with Crippen molar-refractivity contribution in [1.82, 2.24) is 4.90 Å². The predicted molar refractivity (Wildman–Crippen MR) is 48.2 cm³/mol. The van der Waals surface area contributed by atoms with E-state index in [2.05, 4.69) is 4.99 Å². The van der Waals surface area contributed by atoms with Crippen LogP contribution < -0.4 is 0 Å². The lowest BCUT2D eigenvalue weighted by Crippen LogP contribution is -2.30. The molecule has 5 heteroatoms. The molecule has 0 saturated carbocycles. The molecular formula is C8H14N2O3. The average molecular weight is 186 g/mol. The van der Waals surface area contributed by atoms with Crippen LogP contribution in [0.3, 0.4) is 0 Å². The molecule has 0 bridgehead atoms. The number of hydrogen-bond donors (Lipinski definition) is 2. The van der Waals surface area contributed by atoms with Crippen LogP contribution in [0, 0.1) is 0 Å². The van der Waals surface area contributed by atoms with Gasteiger partial charge in [-0.25, -0.2) is 0 Å². The van der Waals surface area contributed by atoms with Gasteiger partial charge in [0.1, 0.15) is 19.5 Å². The Bertz CT molecular complexity index is 190. The fourth-order valence-corrected chi connectivity index (χ4v) is 0.868. The van der Waals surface area contributed by atoms with Crippen molar-refractivity contribution in [2.75, 3.05) is 26.6 Å². The molecule has 1 heterocycles. The highest BCUT2D eigenvalue weighted by Gasteiger charge is 2.07. The Morgan fingerprint density at radius 1 is 1.46 bits per heavy atom. The van der Waals surface area contributed by atoms with Gasteiger partial charge in [0.25, 0.3) is 0 Å². The Kier molecular flexibility index (Phi) is 4.45. The number of hydrogen-bond acceptors (Lipinski definition) is 5. The Labute approximate surface area is 77.0 Å². The highest BCUT2D eigenvalue weighted by Crippen LogP contribution is 1.98. The van der Waals surface area contributed by atoms with Crippen LogP contribution in [0.4, 0.5) is 0 Å². The highest BCUT2D eigenvalue weighted by atomic mass is 16.5. The standard InChI is InChI=1S/C8H14N2O3/c11-4-8(5-12)13-7-10-3-1-2-9-6-10/h1-3,8,11-12H,4-7H2. The maximum Gasteiger partial charge on any atom is 0.120 e. The molecular weight excluding hydrogens is 172 g/mol. The van der Waals surface area contributed by atoms with Gasteiger partial charge in [0.2, 0.25) is 0 Å². The summed E-state index contributed by atoms with van der Waals surface area (Å²) in [5, 5.41) is 17.4. The molecule has 2 N–H and O–H groups in total. The van der Waals surface area contributed by atoms with Crippen molar-refractivity contribution >= 4 is 6.21 Å². The highest BCUT2D eigenvalue weighted by molar-refractivity contribution is 5.71. The molecule has 0 atom stereocenters. The number of aliphatic imine (C=N–C) groups is 1. The predicted octanol–water partition coefficient (Wildman–Crippen LogP) is -0.829. The molecule has 0 saturated heterocycles. The Morgan fingerprint density at radius 2 is 2.23 bits per heavy atom. The summed E-state index contributed by atoms with van der Waals surface area (Å²) in [4.78, 5) is 5.83. The molecule has 0 aromatic heterocycles. The van der Waals surface area contributed by atoms with Crippen molar-refractivity contribution in [3.8, 4) is 0 Å². The third-order valence-electron chi connectivity index (χ3n) is 1.63. The zero-order chi connectivity index (χ0) is 9.52. The SMILES string of the molecule is OCC(CO)OCN1C=CC=NC1. The van der Waals surface area contributed by atoms with Crippen LogP contribution in [0.25, 0.3) is 0 Å². The number of aliphatic hydroxyl groups is 2. The minimum Gasteiger partial charge on any atom is -0.394 e. The van der Waals surface area contributed by atoms with E-state index in [4.69, 9.17) is 14.9 Å². The number of allylic oxidation sites excluding steroid dienone is 1. The Balaban J connectivity index is 2.18. The molecule has 1 aliphatic rings. The molecule has 5 nitrogen and oxygen atoms in total. The Hall–Kier alpha value is -0.910. The molecule has 0 aromatic rings. The first-order valence-electron chi connectivity index (χ1n) is 4.11. The second-order valence-corrected chi connectivity index (χ2v) is 2.69. The summed E-state index contributed by atoms with van der Waals surface area (Å²) in [6.07, 6.45) is 4.87. The molecule has 0 unspecified atom stereocenters. The second-order valence-electron chi connectivity index (χ2n) is 2.69. The fraction of sp³-hybridized carbons (Fsp3) is 0.625. The third kappa shape index (κ3) is 3.54. The number of rotatable bonds is 5. The summed E-state index contributed by atoms with van der Waals surface area (Å²) in [6.45, 7) is 0.550. The van der Waals surface area contributed by atoms with Gasteiger partial charge in [0, 0.05) is 12.4 Å². The number of nitrogens with zero attached hydrogens (tertiary/aromatic N) is 2. The molecule has 0 spiro atoms. The van der Waals surface area contributed by atoms with E-state index in [0.717, 1.165) is 0 Å². The first-order valence-corrected chi connectivity index (χ1v) is 4.11. The summed E-state index contributed by atoms with van der Waals surface area (Å²) in [5.41, 5.74) is 0. The first-order chi connectivity index (χ1) is 6.36. The molecule has 74 valence electrons. The number of aliphatic hydroxyl groups excluding tert-OH is 2. The lowest BCUT2D eigenvalue weighted by Gasteiger charge is -2.22. The van der Waals surface area contributed by atoms with Crippen molar-refractivity contribution in [2.45, 2.75) is 6.10 Å². The van der Waals surface area contributed by atoms with Crippen molar-refractivity contribution in [3.63, 3.8) is 0 Å². The van der Waals surface area contributed by atoms with E-state index in [1.165, 1.54) is 0 Å². The van der Waals surface area contributed by atoms with Gasteiger partial charge in [-0.2, -0.15) is 0 Å². The topological polar surface area (TPSA) is 65.3 Å². The zero-order valence-corrected chi connectivity index (χ0v) is 7.33. The summed E-state index contributed by atoms with van der Waals surface area (Å²) >= 11 is 0. The van der Waals surface area contributed by atoms with E-state index in [0.29, 0.717) is 13.4 Å². The molecule has 0 radical (unpaired) electrons. The lowest BCUT2D eigenvalue weighted by atomic mass is 10.4. The van der Waals surface area contributed by atoms with Crippen molar-refractivity contribution in [1.29, 1.82) is 0 Å². The lowest BCUT2D eigenvalue weighted by molar-refractivity contribution is -0.0541. The minimum atomic E-state index is -0.501. The zero-order valence-electron chi connectivity index (χ0n) is 7.33. The quantitative estimate of drug-likeness (QED) is 0.588. The molecule has 0 amide bonds. The van der Waals surface area contributed by atoms with Gasteiger partial charge in [-0.15, -0.1) is 0 Å². The summed E-state index contributed by atoms with van der Waals surface area (Å²) in [7, 11) is 0. The van der Waals surface area contributed by atoms with E-state index >= 15 is 0 Å². The van der Waals surface area contributed by atoms with Crippen LogP contribution in [0.5, 0.6) is 0 Å². The Morgan fingerprint density at radius 3 is 2.77 bits per heavy atom. The van der Waals surface area contributed by atoms with Crippen LogP contribution in [0.2, 0.25) is 0 Å². The number of ether oxygens (including phenoxy) is 1. The van der Waals surface area contributed by atoms with E-state index in [1.807, 2.05) is 11.1 Å². The smallest absolute Gasteiger partial charge is 0.120 e. The maximum absolute atomic E-state index is 8.70. The molecule has 0 aromatic carbocycles. The van der Waals surface area contributed by atoms with E-state index in [9.17, 15) is 0 Å². The summed E-state index contributed by atoms with van der Waals surface area (Å²) < 4.78 is 5.18. The second kappa shape index (κ2) is 5.69. The van der Waals surface area contributed by atoms with E-state index < -0.39 is 6.10 Å². The third-order valence-corrected chi connectivity index (χ3v) is 1.63. The molecule has 0 fully saturated rings. The molecule has 0 aliphatic carbocycles. The molecule has 13 heavy (non-hydrogen) atoms. The van der Waals surface area contributed by atoms with Gasteiger partial charge in [-0.05, 0) is 6.08 Å². The van der Waals surface area contributed by atoms with E-state index in [-0.39, 0.29) is 13.2 Å². The van der Waals surface area contributed by atoms with Gasteiger partial charge in [0.05, 0.1) is 13.2 Å². The van der Waals surface area contributed by atoms with Gasteiger partial charge in [0.15, 0.2) is 0 Å². The van der Waals surface area contributed by atoms with E-state index in [1.54, 1.807) is 12.3 Å². The summed E-state index contributed by atoms with van der Waals surface area (Å²) in [5.74, 6) is 0. The van der Waals surface area contributed by atoms with Crippen LogP contribution in [0.15, 0.2) is 17.3 Å². The van der Waals surface area contributed by atoms with Crippen LogP contribution >= 0.6 is 0 Å². The molecule has 1 rings (SSSR count). The average Bonchev–Trinajstić information content (AvgIpc) is 2.21. The molecule has 1 aliphatic heterocycles. The monoisotopic (exact) mass is 186 g/mol. The first kappa shape index (κ1) is 10.2. The van der Waals surface area contributed by atoms with Crippen molar-refractivity contribution in [3.05, 3.63) is 12.3 Å². The van der Waals surface area contributed by atoms with Crippen LogP contribution in [0.1, 0.15) is 0 Å².